The van der Waals surface area contributed by atoms with Crippen molar-refractivity contribution in [3.8, 4) is 5.75 Å². The highest BCUT2D eigenvalue weighted by Gasteiger charge is 2.20. The summed E-state index contributed by atoms with van der Waals surface area (Å²) in [4.78, 5) is 0. The largest absolute Gasteiger partial charge is 0.496 e. The molecule has 1 unspecified atom stereocenters. The average molecular weight is 261 g/mol. The molecule has 1 aliphatic heterocycles. The Morgan fingerprint density at radius 3 is 2.89 bits per heavy atom. The maximum atomic E-state index is 5.73. The van der Waals surface area contributed by atoms with Gasteiger partial charge >= 0.3 is 0 Å². The van der Waals surface area contributed by atoms with Gasteiger partial charge in [-0.1, -0.05) is 19.1 Å². The lowest BCUT2D eigenvalue weighted by Gasteiger charge is -2.21. The summed E-state index contributed by atoms with van der Waals surface area (Å²) in [6.07, 6.45) is 4.29. The summed E-state index contributed by atoms with van der Waals surface area (Å²) < 4.78 is 11.1. The van der Waals surface area contributed by atoms with Crippen LogP contribution in [0.1, 0.15) is 36.9 Å². The standard InChI is InChI=1S/C16H23NO2/c1-4-9-17-16(14-6-5-10-19-14)13-8-7-12(2)15(11-13)18-3/h6-8,11,16-17H,4-5,9-10H2,1-3H3. The van der Waals surface area contributed by atoms with E-state index in [9.17, 15) is 0 Å². The van der Waals surface area contributed by atoms with E-state index in [4.69, 9.17) is 9.47 Å². The van der Waals surface area contributed by atoms with Crippen LogP contribution < -0.4 is 10.1 Å². The molecule has 1 heterocycles. The number of aryl methyl sites for hydroxylation is 1. The number of hydrogen-bond donors (Lipinski definition) is 1. The van der Waals surface area contributed by atoms with E-state index in [-0.39, 0.29) is 6.04 Å². The lowest BCUT2D eigenvalue weighted by molar-refractivity contribution is 0.215. The molecule has 0 aliphatic carbocycles. The third-order valence-corrected chi connectivity index (χ3v) is 3.38. The van der Waals surface area contributed by atoms with Gasteiger partial charge in [0.15, 0.2) is 0 Å². The average Bonchev–Trinajstić information content (AvgIpc) is 2.95. The molecule has 0 bridgehead atoms. The molecule has 0 aromatic heterocycles. The molecule has 0 fully saturated rings. The van der Waals surface area contributed by atoms with Crippen molar-refractivity contribution in [3.05, 3.63) is 41.2 Å². The smallest absolute Gasteiger partial charge is 0.122 e. The quantitative estimate of drug-likeness (QED) is 0.852. The van der Waals surface area contributed by atoms with Gasteiger partial charge < -0.3 is 14.8 Å². The Labute approximate surface area is 115 Å². The fourth-order valence-electron chi connectivity index (χ4n) is 2.33. The number of nitrogens with one attached hydrogen (secondary N) is 1. The second-order valence-corrected chi connectivity index (χ2v) is 4.86. The second kappa shape index (κ2) is 6.62. The van der Waals surface area contributed by atoms with Gasteiger partial charge in [0.25, 0.3) is 0 Å². The molecule has 19 heavy (non-hydrogen) atoms. The van der Waals surface area contributed by atoms with Gasteiger partial charge in [0.1, 0.15) is 11.5 Å². The molecule has 1 aromatic carbocycles. The summed E-state index contributed by atoms with van der Waals surface area (Å²) in [6, 6.07) is 6.49. The van der Waals surface area contributed by atoms with Gasteiger partial charge in [-0.15, -0.1) is 0 Å². The van der Waals surface area contributed by atoms with Crippen molar-refractivity contribution in [1.29, 1.82) is 0 Å². The molecule has 0 radical (unpaired) electrons. The normalized spacial score (nSPS) is 15.8. The summed E-state index contributed by atoms with van der Waals surface area (Å²) in [7, 11) is 1.71. The number of hydrogen-bond acceptors (Lipinski definition) is 3. The summed E-state index contributed by atoms with van der Waals surface area (Å²) in [5, 5.41) is 3.55. The first-order chi connectivity index (χ1) is 9.26. The highest BCUT2D eigenvalue weighted by Crippen LogP contribution is 2.30. The third kappa shape index (κ3) is 3.29. The molecular formula is C16H23NO2. The molecule has 104 valence electrons. The van der Waals surface area contributed by atoms with Gasteiger partial charge in [0.2, 0.25) is 0 Å². The van der Waals surface area contributed by atoms with E-state index < -0.39 is 0 Å². The molecule has 0 saturated carbocycles. The highest BCUT2D eigenvalue weighted by molar-refractivity contribution is 5.40. The molecule has 3 heteroatoms. The Morgan fingerprint density at radius 1 is 1.42 bits per heavy atom. The van der Waals surface area contributed by atoms with Crippen molar-refractivity contribution in [3.63, 3.8) is 0 Å². The van der Waals surface area contributed by atoms with Crippen molar-refractivity contribution in [1.82, 2.24) is 5.32 Å². The predicted molar refractivity (Wildman–Crippen MR) is 77.4 cm³/mol. The second-order valence-electron chi connectivity index (χ2n) is 4.86. The van der Waals surface area contributed by atoms with E-state index in [1.165, 1.54) is 5.56 Å². The molecule has 0 amide bonds. The number of methoxy groups -OCH3 is 1. The molecule has 1 aromatic rings. The van der Waals surface area contributed by atoms with Gasteiger partial charge in [-0.2, -0.15) is 0 Å². The predicted octanol–water partition coefficient (Wildman–Crippen LogP) is 3.35. The van der Waals surface area contributed by atoms with Crippen molar-refractivity contribution >= 4 is 0 Å². The van der Waals surface area contributed by atoms with E-state index in [1.807, 2.05) is 0 Å². The van der Waals surface area contributed by atoms with Crippen LogP contribution in [-0.2, 0) is 4.74 Å². The van der Waals surface area contributed by atoms with Crippen molar-refractivity contribution < 1.29 is 9.47 Å². The van der Waals surface area contributed by atoms with E-state index in [0.29, 0.717) is 0 Å². The van der Waals surface area contributed by atoms with E-state index in [0.717, 1.165) is 43.1 Å². The molecular weight excluding hydrogens is 238 g/mol. The monoisotopic (exact) mass is 261 g/mol. The fraction of sp³-hybridized carbons (Fsp3) is 0.500. The van der Waals surface area contributed by atoms with Crippen LogP contribution in [0.2, 0.25) is 0 Å². The Bertz CT molecular complexity index is 454. The summed E-state index contributed by atoms with van der Waals surface area (Å²) in [5.74, 6) is 1.97. The van der Waals surface area contributed by atoms with Crippen molar-refractivity contribution in [2.75, 3.05) is 20.3 Å². The van der Waals surface area contributed by atoms with Crippen LogP contribution in [0.4, 0.5) is 0 Å². The molecule has 0 saturated heterocycles. The van der Waals surface area contributed by atoms with E-state index in [1.54, 1.807) is 7.11 Å². The van der Waals surface area contributed by atoms with Crippen LogP contribution in [0.25, 0.3) is 0 Å². The van der Waals surface area contributed by atoms with E-state index in [2.05, 4.69) is 43.4 Å². The lowest BCUT2D eigenvalue weighted by atomic mass is 10.0. The first-order valence-electron chi connectivity index (χ1n) is 6.97. The number of rotatable bonds is 6. The zero-order valence-corrected chi connectivity index (χ0v) is 12.0. The molecule has 3 nitrogen and oxygen atoms in total. The minimum absolute atomic E-state index is 0.136. The Hall–Kier alpha value is -1.48. The summed E-state index contributed by atoms with van der Waals surface area (Å²) in [5.41, 5.74) is 2.35. The molecule has 1 aliphatic rings. The molecule has 1 atom stereocenters. The van der Waals surface area contributed by atoms with Crippen LogP contribution in [0.3, 0.4) is 0 Å². The minimum Gasteiger partial charge on any atom is -0.496 e. The maximum Gasteiger partial charge on any atom is 0.122 e. The third-order valence-electron chi connectivity index (χ3n) is 3.38. The van der Waals surface area contributed by atoms with Crippen molar-refractivity contribution in [2.24, 2.45) is 0 Å². The Kier molecular flexibility index (Phi) is 4.86. The minimum atomic E-state index is 0.136. The van der Waals surface area contributed by atoms with Crippen LogP contribution in [-0.4, -0.2) is 20.3 Å². The summed E-state index contributed by atoms with van der Waals surface area (Å²) in [6.45, 7) is 6.00. The van der Waals surface area contributed by atoms with Crippen LogP contribution in [0, 0.1) is 6.92 Å². The SMILES string of the molecule is CCCNC(C1=CCCO1)c1ccc(C)c(OC)c1. The fourth-order valence-corrected chi connectivity index (χ4v) is 2.33. The number of benzene rings is 1. The lowest BCUT2D eigenvalue weighted by Crippen LogP contribution is -2.24. The van der Waals surface area contributed by atoms with Gasteiger partial charge in [-0.25, -0.2) is 0 Å². The van der Waals surface area contributed by atoms with Gasteiger partial charge in [0, 0.05) is 6.42 Å². The van der Waals surface area contributed by atoms with Gasteiger partial charge in [0.05, 0.1) is 19.8 Å². The molecule has 0 spiro atoms. The summed E-state index contributed by atoms with van der Waals surface area (Å²) >= 11 is 0. The topological polar surface area (TPSA) is 30.5 Å². The molecule has 1 N–H and O–H groups in total. The first-order valence-corrected chi connectivity index (χ1v) is 6.97. The first kappa shape index (κ1) is 13.9. The Morgan fingerprint density at radius 2 is 2.26 bits per heavy atom. The van der Waals surface area contributed by atoms with Crippen molar-refractivity contribution in [2.45, 2.75) is 32.7 Å². The highest BCUT2D eigenvalue weighted by atomic mass is 16.5. The van der Waals surface area contributed by atoms with E-state index >= 15 is 0 Å². The van der Waals surface area contributed by atoms with Crippen LogP contribution in [0.15, 0.2) is 30.0 Å². The zero-order chi connectivity index (χ0) is 13.7. The van der Waals surface area contributed by atoms with Gasteiger partial charge in [-0.05, 0) is 43.2 Å². The molecule has 2 rings (SSSR count). The maximum absolute atomic E-state index is 5.73. The zero-order valence-electron chi connectivity index (χ0n) is 12.0. The van der Waals surface area contributed by atoms with Gasteiger partial charge in [-0.3, -0.25) is 0 Å². The van der Waals surface area contributed by atoms with Crippen LogP contribution >= 0.6 is 0 Å². The van der Waals surface area contributed by atoms with Crippen LogP contribution in [0.5, 0.6) is 5.75 Å². The Balaban J connectivity index is 2.26. The number of ether oxygens (including phenoxy) is 2.